The molecule has 4 nitrogen and oxygen atoms in total. The number of rotatable bonds is 3. The minimum atomic E-state index is 0.294. The average molecular weight is 256 g/mol. The summed E-state index contributed by atoms with van der Waals surface area (Å²) in [5.74, 6) is 0.921. The Morgan fingerprint density at radius 1 is 1.41 bits per heavy atom. The monoisotopic (exact) mass is 255 g/mol. The minimum Gasteiger partial charge on any atom is -0.384 e. The molecule has 2 heterocycles. The first-order valence-corrected chi connectivity index (χ1v) is 6.22. The maximum atomic E-state index is 5.87. The third-order valence-corrected chi connectivity index (χ3v) is 3.61. The summed E-state index contributed by atoms with van der Waals surface area (Å²) in [6, 6.07) is 1.82. The first-order valence-electron chi connectivity index (χ1n) is 5.84. The van der Waals surface area contributed by atoms with E-state index in [9.17, 15) is 0 Å². The van der Waals surface area contributed by atoms with Crippen LogP contribution in [-0.2, 0) is 4.74 Å². The number of hydrogen-bond acceptors (Lipinski definition) is 4. The van der Waals surface area contributed by atoms with Crippen molar-refractivity contribution in [1.82, 2.24) is 9.97 Å². The van der Waals surface area contributed by atoms with Gasteiger partial charge in [-0.2, -0.15) is 0 Å². The van der Waals surface area contributed by atoms with Crippen LogP contribution in [-0.4, -0.2) is 36.8 Å². The van der Waals surface area contributed by atoms with Crippen molar-refractivity contribution >= 4 is 17.4 Å². The molecule has 0 saturated carbocycles. The predicted octanol–water partition coefficient (Wildman–Crippen LogP) is 2.38. The molecule has 0 amide bonds. The smallest absolute Gasteiger partial charge is 0.134 e. The molecule has 17 heavy (non-hydrogen) atoms. The highest BCUT2D eigenvalue weighted by atomic mass is 35.5. The molecule has 1 aromatic heterocycles. The molecule has 94 valence electrons. The fourth-order valence-corrected chi connectivity index (χ4v) is 2.41. The molecule has 1 aromatic rings. The molecule has 0 aromatic carbocycles. The van der Waals surface area contributed by atoms with E-state index < -0.39 is 0 Å². The fraction of sp³-hybridized carbons (Fsp3) is 0.667. The number of hydrogen-bond donors (Lipinski definition) is 0. The van der Waals surface area contributed by atoms with Gasteiger partial charge in [0, 0.05) is 26.3 Å². The first kappa shape index (κ1) is 12.6. The van der Waals surface area contributed by atoms with Crippen molar-refractivity contribution in [2.75, 3.05) is 31.7 Å². The number of aromatic nitrogens is 2. The number of anilines is 1. The number of methoxy groups -OCH3 is 1. The molecule has 0 atom stereocenters. The van der Waals surface area contributed by atoms with Gasteiger partial charge in [-0.25, -0.2) is 9.97 Å². The summed E-state index contributed by atoms with van der Waals surface area (Å²) in [5, 5.41) is 0.500. The van der Waals surface area contributed by atoms with E-state index in [1.54, 1.807) is 7.11 Å². The first-order chi connectivity index (χ1) is 8.13. The van der Waals surface area contributed by atoms with Crippen LogP contribution in [0.25, 0.3) is 0 Å². The summed E-state index contributed by atoms with van der Waals surface area (Å²) in [6.45, 7) is 5.09. The third kappa shape index (κ3) is 3.07. The SMILES string of the molecule is COCC1(C)CCN(c2cc(Cl)ncn2)CC1. The topological polar surface area (TPSA) is 38.2 Å². The lowest BCUT2D eigenvalue weighted by atomic mass is 9.81. The Morgan fingerprint density at radius 3 is 2.71 bits per heavy atom. The molecule has 0 bridgehead atoms. The van der Waals surface area contributed by atoms with Gasteiger partial charge in [0.1, 0.15) is 17.3 Å². The molecular formula is C12H18ClN3O. The Labute approximate surface area is 107 Å². The van der Waals surface area contributed by atoms with E-state index in [4.69, 9.17) is 16.3 Å². The van der Waals surface area contributed by atoms with Gasteiger partial charge in [-0.1, -0.05) is 18.5 Å². The molecule has 1 saturated heterocycles. The van der Waals surface area contributed by atoms with E-state index in [2.05, 4.69) is 21.8 Å². The second kappa shape index (κ2) is 5.19. The van der Waals surface area contributed by atoms with Gasteiger partial charge in [-0.3, -0.25) is 0 Å². The van der Waals surface area contributed by atoms with Crippen molar-refractivity contribution in [3.05, 3.63) is 17.5 Å². The zero-order valence-corrected chi connectivity index (χ0v) is 11.1. The fourth-order valence-electron chi connectivity index (χ4n) is 2.27. The molecule has 5 heteroatoms. The van der Waals surface area contributed by atoms with Crippen LogP contribution < -0.4 is 4.90 Å². The molecule has 0 N–H and O–H groups in total. The van der Waals surface area contributed by atoms with Crippen LogP contribution in [0.1, 0.15) is 19.8 Å². The maximum absolute atomic E-state index is 5.87. The lowest BCUT2D eigenvalue weighted by Gasteiger charge is -2.39. The van der Waals surface area contributed by atoms with Gasteiger partial charge in [0.25, 0.3) is 0 Å². The Bertz CT molecular complexity index is 378. The van der Waals surface area contributed by atoms with Gasteiger partial charge in [-0.05, 0) is 18.3 Å². The molecule has 0 radical (unpaired) electrons. The highest BCUT2D eigenvalue weighted by Gasteiger charge is 2.30. The van der Waals surface area contributed by atoms with Crippen molar-refractivity contribution in [2.24, 2.45) is 5.41 Å². The lowest BCUT2D eigenvalue weighted by molar-refractivity contribution is 0.0730. The highest BCUT2D eigenvalue weighted by Crippen LogP contribution is 2.32. The highest BCUT2D eigenvalue weighted by molar-refractivity contribution is 6.29. The van der Waals surface area contributed by atoms with Crippen molar-refractivity contribution < 1.29 is 4.74 Å². The zero-order chi connectivity index (χ0) is 12.3. The summed E-state index contributed by atoms with van der Waals surface area (Å²) in [6.07, 6.45) is 3.74. The zero-order valence-electron chi connectivity index (χ0n) is 10.3. The van der Waals surface area contributed by atoms with Gasteiger partial charge < -0.3 is 9.64 Å². The van der Waals surface area contributed by atoms with E-state index in [1.165, 1.54) is 6.33 Å². The number of piperidine rings is 1. The molecule has 0 aliphatic carbocycles. The van der Waals surface area contributed by atoms with Crippen molar-refractivity contribution in [3.63, 3.8) is 0 Å². The van der Waals surface area contributed by atoms with Crippen LogP contribution in [0.4, 0.5) is 5.82 Å². The van der Waals surface area contributed by atoms with Crippen molar-refractivity contribution in [3.8, 4) is 0 Å². The molecule has 1 fully saturated rings. The van der Waals surface area contributed by atoms with E-state index >= 15 is 0 Å². The van der Waals surface area contributed by atoms with Gasteiger partial charge in [0.05, 0.1) is 6.61 Å². The summed E-state index contributed by atoms with van der Waals surface area (Å²) in [4.78, 5) is 10.4. The lowest BCUT2D eigenvalue weighted by Crippen LogP contribution is -2.41. The standard InChI is InChI=1S/C12H18ClN3O/c1-12(8-17-2)3-5-16(6-4-12)11-7-10(13)14-9-15-11/h7,9H,3-6,8H2,1-2H3. The number of ether oxygens (including phenoxy) is 1. The van der Waals surface area contributed by atoms with Gasteiger partial charge in [-0.15, -0.1) is 0 Å². The minimum absolute atomic E-state index is 0.294. The second-order valence-corrected chi connectivity index (χ2v) is 5.32. The van der Waals surface area contributed by atoms with Gasteiger partial charge in [0.2, 0.25) is 0 Å². The van der Waals surface area contributed by atoms with E-state index in [1.807, 2.05) is 6.07 Å². The van der Waals surface area contributed by atoms with Crippen LogP contribution in [0.2, 0.25) is 5.15 Å². The number of halogens is 1. The Balaban J connectivity index is 1.99. The molecule has 1 aliphatic rings. The van der Waals surface area contributed by atoms with Crippen LogP contribution >= 0.6 is 11.6 Å². The number of nitrogens with zero attached hydrogens (tertiary/aromatic N) is 3. The molecule has 2 rings (SSSR count). The molecule has 1 aliphatic heterocycles. The summed E-state index contributed by atoms with van der Waals surface area (Å²) in [5.41, 5.74) is 0.294. The van der Waals surface area contributed by atoms with Crippen LogP contribution in [0.15, 0.2) is 12.4 Å². The maximum Gasteiger partial charge on any atom is 0.134 e. The van der Waals surface area contributed by atoms with E-state index in [0.29, 0.717) is 10.6 Å². The van der Waals surface area contributed by atoms with E-state index in [0.717, 1.165) is 38.4 Å². The van der Waals surface area contributed by atoms with Crippen molar-refractivity contribution in [1.29, 1.82) is 0 Å². The van der Waals surface area contributed by atoms with Crippen molar-refractivity contribution in [2.45, 2.75) is 19.8 Å². The Hall–Kier alpha value is -0.870. The van der Waals surface area contributed by atoms with Gasteiger partial charge >= 0.3 is 0 Å². The summed E-state index contributed by atoms with van der Waals surface area (Å²) >= 11 is 5.87. The molecule has 0 spiro atoms. The van der Waals surface area contributed by atoms with Crippen LogP contribution in [0.5, 0.6) is 0 Å². The summed E-state index contributed by atoms with van der Waals surface area (Å²) < 4.78 is 5.28. The average Bonchev–Trinajstić information content (AvgIpc) is 2.30. The van der Waals surface area contributed by atoms with Gasteiger partial charge in [0.15, 0.2) is 0 Å². The predicted molar refractivity (Wildman–Crippen MR) is 68.5 cm³/mol. The molecular weight excluding hydrogens is 238 g/mol. The second-order valence-electron chi connectivity index (χ2n) is 4.93. The third-order valence-electron chi connectivity index (χ3n) is 3.41. The normalized spacial score (nSPS) is 19.4. The molecule has 0 unspecified atom stereocenters. The largest absolute Gasteiger partial charge is 0.384 e. The summed E-state index contributed by atoms with van der Waals surface area (Å²) in [7, 11) is 1.77. The Morgan fingerprint density at radius 2 is 2.12 bits per heavy atom. The van der Waals surface area contributed by atoms with Crippen LogP contribution in [0.3, 0.4) is 0 Å². The quantitative estimate of drug-likeness (QED) is 0.778. The Kier molecular flexibility index (Phi) is 3.84. The van der Waals surface area contributed by atoms with Crippen LogP contribution in [0, 0.1) is 5.41 Å². The van der Waals surface area contributed by atoms with E-state index in [-0.39, 0.29) is 0 Å².